The lowest BCUT2D eigenvalue weighted by Crippen LogP contribution is -2.34. The molecule has 1 aromatic rings. The summed E-state index contributed by atoms with van der Waals surface area (Å²) in [6, 6.07) is 8.67. The summed E-state index contributed by atoms with van der Waals surface area (Å²) in [6.45, 7) is 9.86. The molecule has 0 aliphatic carbocycles. The second-order valence-electron chi connectivity index (χ2n) is 6.72. The van der Waals surface area contributed by atoms with Crippen molar-refractivity contribution in [2.24, 2.45) is 0 Å². The lowest BCUT2D eigenvalue weighted by atomic mass is 9.84. The molecular formula is C17H27NO. The normalized spacial score (nSPS) is 18.7. The molecule has 106 valence electrons. The topological polar surface area (TPSA) is 12.5 Å². The van der Waals surface area contributed by atoms with Crippen molar-refractivity contribution in [3.8, 4) is 0 Å². The van der Waals surface area contributed by atoms with Gasteiger partial charge in [0.15, 0.2) is 0 Å². The molecule has 2 nitrogen and oxygen atoms in total. The first-order valence-corrected chi connectivity index (χ1v) is 7.35. The van der Waals surface area contributed by atoms with Gasteiger partial charge in [-0.05, 0) is 36.4 Å². The molecular weight excluding hydrogens is 234 g/mol. The Morgan fingerprint density at radius 2 is 1.79 bits per heavy atom. The van der Waals surface area contributed by atoms with Crippen LogP contribution in [0.1, 0.15) is 44.7 Å². The van der Waals surface area contributed by atoms with Crippen LogP contribution < -0.4 is 0 Å². The highest BCUT2D eigenvalue weighted by Crippen LogP contribution is 2.27. The van der Waals surface area contributed by atoms with Gasteiger partial charge in [0.2, 0.25) is 0 Å². The summed E-state index contributed by atoms with van der Waals surface area (Å²) < 4.78 is 6.13. The molecule has 1 saturated heterocycles. The molecule has 2 heteroatoms. The van der Waals surface area contributed by atoms with E-state index in [1.165, 1.54) is 11.1 Å². The number of rotatable bonds is 3. The van der Waals surface area contributed by atoms with Crippen LogP contribution in [0.5, 0.6) is 0 Å². The lowest BCUT2D eigenvalue weighted by Gasteiger charge is -2.30. The average Bonchev–Trinajstić information content (AvgIpc) is 2.37. The molecule has 1 fully saturated rings. The van der Waals surface area contributed by atoms with Gasteiger partial charge in [0.25, 0.3) is 0 Å². The van der Waals surface area contributed by atoms with Crippen LogP contribution in [0.15, 0.2) is 24.3 Å². The van der Waals surface area contributed by atoms with Crippen molar-refractivity contribution in [1.82, 2.24) is 4.90 Å². The maximum atomic E-state index is 6.13. The van der Waals surface area contributed by atoms with E-state index < -0.39 is 0 Å². The minimum atomic E-state index is 0.187. The summed E-state index contributed by atoms with van der Waals surface area (Å²) in [5, 5.41) is 0. The van der Waals surface area contributed by atoms with E-state index >= 15 is 0 Å². The standard InChI is InChI=1S/C17H27NO/c1-17(2,3)16-8-6-5-7-14(16)13-19-15-9-11-18(4)12-10-15/h5-8,15H,9-13H2,1-4H3. The third-order valence-electron chi connectivity index (χ3n) is 3.97. The number of likely N-dealkylation sites (tertiary alicyclic amines) is 1. The van der Waals surface area contributed by atoms with Crippen molar-refractivity contribution in [2.45, 2.75) is 51.7 Å². The van der Waals surface area contributed by atoms with Gasteiger partial charge in [-0.15, -0.1) is 0 Å². The number of nitrogens with zero attached hydrogens (tertiary/aromatic N) is 1. The van der Waals surface area contributed by atoms with Crippen molar-refractivity contribution in [3.05, 3.63) is 35.4 Å². The average molecular weight is 261 g/mol. The zero-order chi connectivity index (χ0) is 13.9. The molecule has 0 aromatic heterocycles. The zero-order valence-electron chi connectivity index (χ0n) is 12.8. The fourth-order valence-corrected chi connectivity index (χ4v) is 2.74. The number of ether oxygens (including phenoxy) is 1. The van der Waals surface area contributed by atoms with E-state index in [-0.39, 0.29) is 5.41 Å². The van der Waals surface area contributed by atoms with Crippen LogP contribution >= 0.6 is 0 Å². The molecule has 19 heavy (non-hydrogen) atoms. The lowest BCUT2D eigenvalue weighted by molar-refractivity contribution is 0.00162. The molecule has 0 amide bonds. The van der Waals surface area contributed by atoms with Gasteiger partial charge < -0.3 is 9.64 Å². The highest BCUT2D eigenvalue weighted by Gasteiger charge is 2.20. The van der Waals surface area contributed by atoms with Crippen LogP contribution in [-0.4, -0.2) is 31.1 Å². The highest BCUT2D eigenvalue weighted by molar-refractivity contribution is 5.32. The SMILES string of the molecule is CN1CCC(OCc2ccccc2C(C)(C)C)CC1. The van der Waals surface area contributed by atoms with Crippen LogP contribution in [0.2, 0.25) is 0 Å². The fraction of sp³-hybridized carbons (Fsp3) is 0.647. The van der Waals surface area contributed by atoms with Crippen LogP contribution in [-0.2, 0) is 16.8 Å². The van der Waals surface area contributed by atoms with Crippen LogP contribution in [0.3, 0.4) is 0 Å². The molecule has 2 rings (SSSR count). The van der Waals surface area contributed by atoms with Gasteiger partial charge in [0.1, 0.15) is 0 Å². The summed E-state index contributed by atoms with van der Waals surface area (Å²) in [5.74, 6) is 0. The summed E-state index contributed by atoms with van der Waals surface area (Å²) in [5.41, 5.74) is 2.93. The molecule has 0 spiro atoms. The first kappa shape index (κ1) is 14.5. The van der Waals surface area contributed by atoms with E-state index in [1.54, 1.807) is 0 Å². The Balaban J connectivity index is 1.96. The molecule has 0 unspecified atom stereocenters. The maximum absolute atomic E-state index is 6.13. The summed E-state index contributed by atoms with van der Waals surface area (Å²) in [6.07, 6.45) is 2.76. The second-order valence-corrected chi connectivity index (χ2v) is 6.72. The monoisotopic (exact) mass is 261 g/mol. The van der Waals surface area contributed by atoms with Gasteiger partial charge in [-0.3, -0.25) is 0 Å². The Morgan fingerprint density at radius 3 is 2.42 bits per heavy atom. The van der Waals surface area contributed by atoms with E-state index in [2.05, 4.69) is 57.0 Å². The number of piperidine rings is 1. The van der Waals surface area contributed by atoms with Gasteiger partial charge in [0.05, 0.1) is 12.7 Å². The summed E-state index contributed by atoms with van der Waals surface area (Å²) in [7, 11) is 2.19. The van der Waals surface area contributed by atoms with E-state index in [1.807, 2.05) is 0 Å². The third kappa shape index (κ3) is 4.05. The Hall–Kier alpha value is -0.860. The Bertz CT molecular complexity index is 400. The minimum Gasteiger partial charge on any atom is -0.373 e. The van der Waals surface area contributed by atoms with Crippen LogP contribution in [0.25, 0.3) is 0 Å². The maximum Gasteiger partial charge on any atom is 0.0723 e. The van der Waals surface area contributed by atoms with Gasteiger partial charge in [-0.25, -0.2) is 0 Å². The smallest absolute Gasteiger partial charge is 0.0723 e. The number of hydrogen-bond donors (Lipinski definition) is 0. The first-order valence-electron chi connectivity index (χ1n) is 7.35. The van der Waals surface area contributed by atoms with Gasteiger partial charge in [-0.2, -0.15) is 0 Å². The highest BCUT2D eigenvalue weighted by atomic mass is 16.5. The molecule has 0 bridgehead atoms. The summed E-state index contributed by atoms with van der Waals surface area (Å²) >= 11 is 0. The molecule has 0 N–H and O–H groups in total. The molecule has 0 atom stereocenters. The zero-order valence-corrected chi connectivity index (χ0v) is 12.8. The van der Waals surface area contributed by atoms with Gasteiger partial charge in [-0.1, -0.05) is 45.0 Å². The summed E-state index contributed by atoms with van der Waals surface area (Å²) in [4.78, 5) is 2.38. The molecule has 1 heterocycles. The number of benzene rings is 1. The Kier molecular flexibility index (Phi) is 4.64. The van der Waals surface area contributed by atoms with E-state index in [9.17, 15) is 0 Å². The van der Waals surface area contributed by atoms with Crippen LogP contribution in [0, 0.1) is 0 Å². The predicted molar refractivity (Wildman–Crippen MR) is 80.5 cm³/mol. The van der Waals surface area contributed by atoms with E-state index in [0.29, 0.717) is 6.10 Å². The second kappa shape index (κ2) is 6.06. The van der Waals surface area contributed by atoms with E-state index in [4.69, 9.17) is 4.74 Å². The van der Waals surface area contributed by atoms with Crippen molar-refractivity contribution in [2.75, 3.05) is 20.1 Å². The molecule has 1 aliphatic rings. The first-order chi connectivity index (χ1) is 8.97. The molecule has 0 radical (unpaired) electrons. The van der Waals surface area contributed by atoms with Gasteiger partial charge in [0, 0.05) is 13.1 Å². The molecule has 1 aromatic carbocycles. The quantitative estimate of drug-likeness (QED) is 0.824. The van der Waals surface area contributed by atoms with Crippen molar-refractivity contribution in [1.29, 1.82) is 0 Å². The number of hydrogen-bond acceptors (Lipinski definition) is 2. The molecule has 0 saturated carbocycles. The Morgan fingerprint density at radius 1 is 1.16 bits per heavy atom. The van der Waals surface area contributed by atoms with Gasteiger partial charge >= 0.3 is 0 Å². The third-order valence-corrected chi connectivity index (χ3v) is 3.97. The Labute approximate surface area is 117 Å². The predicted octanol–water partition coefficient (Wildman–Crippen LogP) is 3.59. The minimum absolute atomic E-state index is 0.187. The van der Waals surface area contributed by atoms with Crippen molar-refractivity contribution < 1.29 is 4.74 Å². The van der Waals surface area contributed by atoms with Crippen LogP contribution in [0.4, 0.5) is 0 Å². The largest absolute Gasteiger partial charge is 0.373 e. The fourth-order valence-electron chi connectivity index (χ4n) is 2.74. The molecule has 1 aliphatic heterocycles. The van der Waals surface area contributed by atoms with Crippen molar-refractivity contribution >= 4 is 0 Å². The van der Waals surface area contributed by atoms with E-state index in [0.717, 1.165) is 32.5 Å². The van der Waals surface area contributed by atoms with Crippen molar-refractivity contribution in [3.63, 3.8) is 0 Å².